The first-order chi connectivity index (χ1) is 11.7. The number of aromatic nitrogens is 2. The molecule has 1 fully saturated rings. The zero-order valence-electron chi connectivity index (χ0n) is 14.0. The maximum atomic E-state index is 12.7. The Hall–Kier alpha value is -2.43. The van der Waals surface area contributed by atoms with Crippen molar-refractivity contribution in [3.8, 4) is 11.3 Å². The molecule has 5 heteroatoms. The topological polar surface area (TPSA) is 55.2 Å². The van der Waals surface area contributed by atoms with Crippen LogP contribution in [0.25, 0.3) is 11.3 Å². The second kappa shape index (κ2) is 7.43. The fourth-order valence-corrected chi connectivity index (χ4v) is 3.30. The maximum absolute atomic E-state index is 12.7. The summed E-state index contributed by atoms with van der Waals surface area (Å²) in [6, 6.07) is 13.1. The van der Waals surface area contributed by atoms with Crippen LogP contribution in [0.4, 0.5) is 0 Å². The van der Waals surface area contributed by atoms with Gasteiger partial charge in [0.05, 0.1) is 5.69 Å². The van der Waals surface area contributed by atoms with Gasteiger partial charge in [-0.3, -0.25) is 9.59 Å². The Labute approximate surface area is 141 Å². The summed E-state index contributed by atoms with van der Waals surface area (Å²) in [4.78, 5) is 26.7. The molecule has 1 unspecified atom stereocenters. The second-order valence-electron chi connectivity index (χ2n) is 6.23. The molecular weight excluding hydrogens is 302 g/mol. The predicted molar refractivity (Wildman–Crippen MR) is 93.6 cm³/mol. The number of hydrogen-bond donors (Lipinski definition) is 0. The van der Waals surface area contributed by atoms with Crippen LogP contribution >= 0.6 is 0 Å². The normalized spacial score (nSPS) is 17.7. The average molecular weight is 325 g/mol. The standard InChI is InChI=1S/C19H23N3O2/c1-2-16-10-6-7-13-21(16)19(24)14-22-18(23)12-11-17(20-22)15-8-4-3-5-9-15/h3-5,8-9,11-12,16H,2,6-7,10,13-14H2,1H3. The lowest BCUT2D eigenvalue weighted by Crippen LogP contribution is -2.46. The molecule has 1 amide bonds. The van der Waals surface area contributed by atoms with Crippen molar-refractivity contribution in [2.75, 3.05) is 6.54 Å². The smallest absolute Gasteiger partial charge is 0.267 e. The van der Waals surface area contributed by atoms with E-state index < -0.39 is 0 Å². The molecule has 0 saturated carbocycles. The van der Waals surface area contributed by atoms with Gasteiger partial charge in [0.25, 0.3) is 5.56 Å². The second-order valence-corrected chi connectivity index (χ2v) is 6.23. The van der Waals surface area contributed by atoms with E-state index in [1.807, 2.05) is 35.2 Å². The van der Waals surface area contributed by atoms with E-state index in [0.29, 0.717) is 11.7 Å². The highest BCUT2D eigenvalue weighted by Crippen LogP contribution is 2.20. The van der Waals surface area contributed by atoms with Crippen LogP contribution in [0.3, 0.4) is 0 Å². The third-order valence-electron chi connectivity index (χ3n) is 4.64. The van der Waals surface area contributed by atoms with Crippen LogP contribution in [0.1, 0.15) is 32.6 Å². The van der Waals surface area contributed by atoms with Crippen LogP contribution in [0, 0.1) is 0 Å². The van der Waals surface area contributed by atoms with E-state index in [0.717, 1.165) is 31.4 Å². The minimum absolute atomic E-state index is 0.00993. The molecule has 0 spiro atoms. The highest BCUT2D eigenvalue weighted by atomic mass is 16.2. The van der Waals surface area contributed by atoms with Crippen molar-refractivity contribution < 1.29 is 4.79 Å². The quantitative estimate of drug-likeness (QED) is 0.868. The van der Waals surface area contributed by atoms with E-state index in [2.05, 4.69) is 12.0 Å². The van der Waals surface area contributed by atoms with E-state index in [9.17, 15) is 9.59 Å². The zero-order valence-corrected chi connectivity index (χ0v) is 14.0. The number of carbonyl (C=O) groups is 1. The molecule has 24 heavy (non-hydrogen) atoms. The number of benzene rings is 1. The summed E-state index contributed by atoms with van der Waals surface area (Å²) in [5.74, 6) is -0.0126. The van der Waals surface area contributed by atoms with Gasteiger partial charge in [-0.1, -0.05) is 37.3 Å². The van der Waals surface area contributed by atoms with E-state index in [-0.39, 0.29) is 18.0 Å². The van der Waals surface area contributed by atoms with Crippen molar-refractivity contribution >= 4 is 5.91 Å². The number of likely N-dealkylation sites (tertiary alicyclic amines) is 1. The Kier molecular flexibility index (Phi) is 5.08. The van der Waals surface area contributed by atoms with Crippen LogP contribution in [0.15, 0.2) is 47.3 Å². The van der Waals surface area contributed by atoms with E-state index in [1.165, 1.54) is 17.2 Å². The lowest BCUT2D eigenvalue weighted by molar-refractivity contribution is -0.135. The fourth-order valence-electron chi connectivity index (χ4n) is 3.30. The van der Waals surface area contributed by atoms with Crippen LogP contribution in [0.2, 0.25) is 0 Å². The minimum atomic E-state index is -0.243. The van der Waals surface area contributed by atoms with Crippen LogP contribution in [0.5, 0.6) is 0 Å². The number of amides is 1. The summed E-state index contributed by atoms with van der Waals surface area (Å²) < 4.78 is 1.28. The van der Waals surface area contributed by atoms with Gasteiger partial charge in [-0.25, -0.2) is 4.68 Å². The van der Waals surface area contributed by atoms with Gasteiger partial charge in [0.15, 0.2) is 0 Å². The Bertz CT molecular complexity index is 755. The average Bonchev–Trinajstić information content (AvgIpc) is 2.64. The van der Waals surface area contributed by atoms with Gasteiger partial charge in [0.1, 0.15) is 6.54 Å². The molecule has 0 radical (unpaired) electrons. The van der Waals surface area contributed by atoms with Crippen LogP contribution in [-0.4, -0.2) is 33.2 Å². The summed E-state index contributed by atoms with van der Waals surface area (Å²) in [5.41, 5.74) is 1.39. The van der Waals surface area contributed by atoms with Crippen LogP contribution in [-0.2, 0) is 11.3 Å². The molecule has 1 aromatic carbocycles. The molecule has 1 atom stereocenters. The largest absolute Gasteiger partial charge is 0.338 e. The molecule has 1 saturated heterocycles. The molecule has 5 nitrogen and oxygen atoms in total. The molecule has 0 bridgehead atoms. The maximum Gasteiger partial charge on any atom is 0.267 e. The van der Waals surface area contributed by atoms with E-state index in [4.69, 9.17) is 0 Å². The van der Waals surface area contributed by atoms with Gasteiger partial charge in [-0.05, 0) is 31.7 Å². The molecule has 0 aliphatic carbocycles. The third kappa shape index (κ3) is 3.55. The van der Waals surface area contributed by atoms with E-state index >= 15 is 0 Å². The Morgan fingerprint density at radius 2 is 1.96 bits per heavy atom. The number of rotatable bonds is 4. The summed E-state index contributed by atoms with van der Waals surface area (Å²) in [7, 11) is 0. The van der Waals surface area contributed by atoms with Crippen molar-refractivity contribution in [2.45, 2.75) is 45.2 Å². The molecular formula is C19H23N3O2. The van der Waals surface area contributed by atoms with Crippen molar-refractivity contribution in [1.29, 1.82) is 0 Å². The lowest BCUT2D eigenvalue weighted by Gasteiger charge is -2.35. The summed E-state index contributed by atoms with van der Waals surface area (Å²) in [5, 5.41) is 4.38. The van der Waals surface area contributed by atoms with E-state index in [1.54, 1.807) is 6.07 Å². The monoisotopic (exact) mass is 325 g/mol. The summed E-state index contributed by atoms with van der Waals surface area (Å²) in [6.07, 6.45) is 4.21. The molecule has 2 aromatic rings. The Morgan fingerprint density at radius 1 is 1.17 bits per heavy atom. The molecule has 1 aliphatic heterocycles. The van der Waals surface area contributed by atoms with Gasteiger partial charge in [0.2, 0.25) is 5.91 Å². The number of piperidine rings is 1. The molecule has 1 aromatic heterocycles. The first-order valence-electron chi connectivity index (χ1n) is 8.62. The van der Waals surface area contributed by atoms with Crippen molar-refractivity contribution in [3.63, 3.8) is 0 Å². The molecule has 0 N–H and O–H groups in total. The third-order valence-corrected chi connectivity index (χ3v) is 4.64. The molecule has 3 rings (SSSR count). The van der Waals surface area contributed by atoms with Gasteiger partial charge in [-0.2, -0.15) is 5.10 Å². The Morgan fingerprint density at radius 3 is 2.71 bits per heavy atom. The first-order valence-corrected chi connectivity index (χ1v) is 8.62. The summed E-state index contributed by atoms with van der Waals surface area (Å²) in [6.45, 7) is 2.90. The SMILES string of the molecule is CCC1CCCCN1C(=O)Cn1nc(-c2ccccc2)ccc1=O. The number of hydrogen-bond acceptors (Lipinski definition) is 3. The van der Waals surface area contributed by atoms with Gasteiger partial charge in [-0.15, -0.1) is 0 Å². The highest BCUT2D eigenvalue weighted by molar-refractivity contribution is 5.76. The molecule has 1 aliphatic rings. The predicted octanol–water partition coefficient (Wildman–Crippen LogP) is 2.70. The van der Waals surface area contributed by atoms with Gasteiger partial charge < -0.3 is 4.90 Å². The fraction of sp³-hybridized carbons (Fsp3) is 0.421. The van der Waals surface area contributed by atoms with Gasteiger partial charge in [0, 0.05) is 24.2 Å². The number of nitrogens with zero attached hydrogens (tertiary/aromatic N) is 3. The lowest BCUT2D eigenvalue weighted by atomic mass is 10.00. The molecule has 2 heterocycles. The summed E-state index contributed by atoms with van der Waals surface area (Å²) >= 11 is 0. The minimum Gasteiger partial charge on any atom is -0.338 e. The van der Waals surface area contributed by atoms with Crippen molar-refractivity contribution in [2.24, 2.45) is 0 Å². The zero-order chi connectivity index (χ0) is 16.9. The van der Waals surface area contributed by atoms with Crippen LogP contribution < -0.4 is 5.56 Å². The van der Waals surface area contributed by atoms with Crippen molar-refractivity contribution in [1.82, 2.24) is 14.7 Å². The first kappa shape index (κ1) is 16.4. The van der Waals surface area contributed by atoms with Crippen molar-refractivity contribution in [3.05, 3.63) is 52.8 Å². The Balaban J connectivity index is 1.82. The highest BCUT2D eigenvalue weighted by Gasteiger charge is 2.25. The molecule has 126 valence electrons. The van der Waals surface area contributed by atoms with Gasteiger partial charge >= 0.3 is 0 Å². The number of carbonyl (C=O) groups excluding carboxylic acids is 1.